The number of ketones is 1. The molecule has 238 valence electrons. The van der Waals surface area contributed by atoms with Crippen molar-refractivity contribution >= 4 is 38.0 Å². The quantitative estimate of drug-likeness (QED) is 0.419. The number of Topliss-reactive ketones (excluding diaryl/α,β-unsaturated/α-hetero) is 1. The average molecular weight is 643 g/mol. The number of morpholine rings is 2. The van der Waals surface area contributed by atoms with E-state index in [1.165, 1.54) is 8.61 Å². The minimum absolute atomic E-state index is 0.0465. The van der Waals surface area contributed by atoms with Crippen molar-refractivity contribution in [2.24, 2.45) is 5.92 Å². The Balaban J connectivity index is 1.32. The Morgan fingerprint density at radius 1 is 0.636 bits per heavy atom. The molecule has 5 atom stereocenters. The number of rotatable bonds is 6. The van der Waals surface area contributed by atoms with Crippen LogP contribution in [-0.4, -0.2) is 81.8 Å². The number of benzene rings is 2. The summed E-state index contributed by atoms with van der Waals surface area (Å²) in [6, 6.07) is 13.3. The molecule has 0 spiro atoms. The normalized spacial score (nSPS) is 29.8. The van der Waals surface area contributed by atoms with Gasteiger partial charge in [-0.2, -0.15) is 8.61 Å². The number of nitrogens with zero attached hydrogens (tertiary/aromatic N) is 2. The Hall–Kier alpha value is -2.67. The van der Waals surface area contributed by atoms with Crippen LogP contribution in [0.5, 0.6) is 0 Å². The molecular formula is C33H42N2O7S2. The van der Waals surface area contributed by atoms with Gasteiger partial charge in [0.15, 0.2) is 5.78 Å². The summed E-state index contributed by atoms with van der Waals surface area (Å²) in [4.78, 5) is 14.0. The molecule has 1 aliphatic carbocycles. The minimum atomic E-state index is -3.66. The van der Waals surface area contributed by atoms with Gasteiger partial charge in [-0.3, -0.25) is 4.79 Å². The van der Waals surface area contributed by atoms with Crippen LogP contribution in [0.3, 0.4) is 0 Å². The molecule has 1 saturated carbocycles. The van der Waals surface area contributed by atoms with Crippen molar-refractivity contribution in [2.45, 2.75) is 81.7 Å². The highest BCUT2D eigenvalue weighted by Gasteiger charge is 2.33. The molecule has 2 heterocycles. The lowest BCUT2D eigenvalue weighted by atomic mass is 9.80. The highest BCUT2D eigenvalue weighted by atomic mass is 32.2. The van der Waals surface area contributed by atoms with Gasteiger partial charge in [-0.15, -0.1) is 0 Å². The van der Waals surface area contributed by atoms with Crippen LogP contribution >= 0.6 is 0 Å². The predicted molar refractivity (Wildman–Crippen MR) is 170 cm³/mol. The number of carbonyl (C=O) groups excluding carboxylic acids is 1. The first kappa shape index (κ1) is 32.7. The predicted octanol–water partition coefficient (Wildman–Crippen LogP) is 4.75. The number of hydrogen-bond acceptors (Lipinski definition) is 7. The molecule has 2 saturated heterocycles. The van der Waals surface area contributed by atoms with E-state index < -0.39 is 20.0 Å². The highest BCUT2D eigenvalue weighted by molar-refractivity contribution is 7.89. The van der Waals surface area contributed by atoms with Crippen LogP contribution in [0.4, 0.5) is 0 Å². The van der Waals surface area contributed by atoms with E-state index in [-0.39, 0.29) is 45.9 Å². The third kappa shape index (κ3) is 7.08. The van der Waals surface area contributed by atoms with E-state index in [0.717, 1.165) is 17.5 Å². The van der Waals surface area contributed by atoms with Gasteiger partial charge in [0.1, 0.15) is 0 Å². The second-order valence-electron chi connectivity index (χ2n) is 12.3. The van der Waals surface area contributed by atoms with E-state index in [9.17, 15) is 21.6 Å². The van der Waals surface area contributed by atoms with E-state index in [2.05, 4.69) is 0 Å². The third-order valence-electron chi connectivity index (χ3n) is 8.40. The van der Waals surface area contributed by atoms with Crippen LogP contribution in [0.1, 0.15) is 58.6 Å². The Morgan fingerprint density at radius 3 is 1.43 bits per heavy atom. The number of allylic oxidation sites excluding steroid dienone is 2. The maximum absolute atomic E-state index is 13.6. The standard InChI is InChI=1S/C33H42N2O7S2/c1-22-6-11-29(16-27-7-12-30(13-8-27)43(37,38)34-18-23(2)41-24(3)19-34)33(36)32(22)17-28-9-14-31(15-10-28)44(39,40)35-20-25(4)42-26(5)21-35/h7-10,12-17,22-26H,6,11,18-21H2,1-5H3/b29-16+,32-17+/t22-,23-,24+,25-,26+/m0/s1. The molecule has 9 nitrogen and oxygen atoms in total. The maximum atomic E-state index is 13.6. The second-order valence-corrected chi connectivity index (χ2v) is 16.2. The number of ether oxygens (including phenoxy) is 2. The molecule has 0 unspecified atom stereocenters. The fourth-order valence-electron chi connectivity index (χ4n) is 6.20. The molecule has 3 fully saturated rings. The average Bonchev–Trinajstić information content (AvgIpc) is 2.96. The number of carbonyl (C=O) groups is 1. The lowest BCUT2D eigenvalue weighted by Crippen LogP contribution is -2.48. The van der Waals surface area contributed by atoms with Gasteiger partial charge in [0.05, 0.1) is 34.2 Å². The van der Waals surface area contributed by atoms with E-state index in [4.69, 9.17) is 9.47 Å². The molecule has 3 aliphatic rings. The van der Waals surface area contributed by atoms with Crippen LogP contribution in [0, 0.1) is 5.92 Å². The van der Waals surface area contributed by atoms with Crippen molar-refractivity contribution in [3.05, 3.63) is 70.8 Å². The zero-order chi connectivity index (χ0) is 31.8. The molecule has 0 aromatic heterocycles. The first-order valence-corrected chi connectivity index (χ1v) is 18.1. The molecule has 11 heteroatoms. The van der Waals surface area contributed by atoms with Crippen molar-refractivity contribution < 1.29 is 31.1 Å². The monoisotopic (exact) mass is 642 g/mol. The summed E-state index contributed by atoms with van der Waals surface area (Å²) in [5, 5.41) is 0. The maximum Gasteiger partial charge on any atom is 0.243 e. The summed E-state index contributed by atoms with van der Waals surface area (Å²) in [6.07, 6.45) is 4.39. The second kappa shape index (κ2) is 13.0. The summed E-state index contributed by atoms with van der Waals surface area (Å²) in [5.41, 5.74) is 2.84. The molecule has 2 aromatic rings. The highest BCUT2D eigenvalue weighted by Crippen LogP contribution is 2.33. The van der Waals surface area contributed by atoms with Gasteiger partial charge in [0.25, 0.3) is 0 Å². The van der Waals surface area contributed by atoms with Gasteiger partial charge in [0, 0.05) is 37.3 Å². The fraction of sp³-hybridized carbons (Fsp3) is 0.485. The van der Waals surface area contributed by atoms with Crippen LogP contribution in [0.2, 0.25) is 0 Å². The number of hydrogen-bond donors (Lipinski definition) is 0. The third-order valence-corrected chi connectivity index (χ3v) is 12.1. The SMILES string of the molecule is C[C@@H]1CN(S(=O)(=O)c2ccc(/C=C3\CC[C@H](C)/C(=C\c4ccc(S(=O)(=O)N5C[C@@H](C)O[C@@H](C)C5)cc4)C3=O)cc2)C[C@H](C)O1. The van der Waals surface area contributed by atoms with Gasteiger partial charge in [-0.1, -0.05) is 31.2 Å². The van der Waals surface area contributed by atoms with Crippen molar-refractivity contribution in [1.82, 2.24) is 8.61 Å². The molecule has 0 bridgehead atoms. The fourth-order valence-corrected chi connectivity index (χ4v) is 9.38. The topological polar surface area (TPSA) is 110 Å². The van der Waals surface area contributed by atoms with E-state index >= 15 is 0 Å². The van der Waals surface area contributed by atoms with Gasteiger partial charge in [-0.05, 0) is 94.0 Å². The summed E-state index contributed by atoms with van der Waals surface area (Å²) in [5.74, 6) is -0.00469. The molecule has 0 amide bonds. The van der Waals surface area contributed by atoms with Crippen molar-refractivity contribution in [2.75, 3.05) is 26.2 Å². The molecular weight excluding hydrogens is 601 g/mol. The summed E-state index contributed by atoms with van der Waals surface area (Å²) in [6.45, 7) is 10.7. The van der Waals surface area contributed by atoms with Gasteiger partial charge in [0.2, 0.25) is 20.0 Å². The zero-order valence-corrected chi connectivity index (χ0v) is 27.6. The van der Waals surface area contributed by atoms with Crippen LogP contribution in [-0.2, 0) is 34.3 Å². The van der Waals surface area contributed by atoms with Crippen molar-refractivity contribution in [3.8, 4) is 0 Å². The Labute approximate surface area is 261 Å². The zero-order valence-electron chi connectivity index (χ0n) is 26.0. The van der Waals surface area contributed by atoms with Crippen LogP contribution < -0.4 is 0 Å². The van der Waals surface area contributed by atoms with Gasteiger partial charge in [-0.25, -0.2) is 16.8 Å². The number of sulfonamides is 2. The minimum Gasteiger partial charge on any atom is -0.373 e. The largest absolute Gasteiger partial charge is 0.373 e. The summed E-state index contributed by atoms with van der Waals surface area (Å²) >= 11 is 0. The lowest BCUT2D eigenvalue weighted by Gasteiger charge is -2.34. The summed E-state index contributed by atoms with van der Waals surface area (Å²) in [7, 11) is -7.31. The van der Waals surface area contributed by atoms with E-state index in [1.54, 1.807) is 48.5 Å². The van der Waals surface area contributed by atoms with Gasteiger partial charge >= 0.3 is 0 Å². The van der Waals surface area contributed by atoms with Crippen LogP contribution in [0.15, 0.2) is 69.5 Å². The van der Waals surface area contributed by atoms with Gasteiger partial charge < -0.3 is 9.47 Å². The van der Waals surface area contributed by atoms with Crippen LogP contribution in [0.25, 0.3) is 12.2 Å². The molecule has 0 N–H and O–H groups in total. The molecule has 5 rings (SSSR count). The molecule has 2 aliphatic heterocycles. The van der Waals surface area contributed by atoms with Crippen molar-refractivity contribution in [1.29, 1.82) is 0 Å². The first-order chi connectivity index (χ1) is 20.7. The molecule has 2 aromatic carbocycles. The first-order valence-electron chi connectivity index (χ1n) is 15.2. The molecule has 0 radical (unpaired) electrons. The van der Waals surface area contributed by atoms with Crippen molar-refractivity contribution in [3.63, 3.8) is 0 Å². The Bertz CT molecular complexity index is 1630. The summed E-state index contributed by atoms with van der Waals surface area (Å²) < 4.78 is 67.2. The van der Waals surface area contributed by atoms with E-state index in [0.29, 0.717) is 43.7 Å². The Kier molecular flexibility index (Phi) is 9.65. The van der Waals surface area contributed by atoms with E-state index in [1.807, 2.05) is 46.8 Å². The molecule has 44 heavy (non-hydrogen) atoms. The lowest BCUT2D eigenvalue weighted by molar-refractivity contribution is -0.113. The smallest absolute Gasteiger partial charge is 0.243 e. The Morgan fingerprint density at radius 2 is 1.02 bits per heavy atom.